The maximum atomic E-state index is 2.59. The average Bonchev–Trinajstić information content (AvgIpc) is 3.14. The summed E-state index contributed by atoms with van der Waals surface area (Å²) < 4.78 is 0. The molecule has 0 saturated heterocycles. The Balaban J connectivity index is 1.36. The number of benzene rings is 7. The van der Waals surface area contributed by atoms with E-state index in [1.54, 1.807) is 0 Å². The van der Waals surface area contributed by atoms with Crippen LogP contribution in [-0.2, 0) is 0 Å². The molecule has 0 aromatic heterocycles. The molecule has 3 aliphatic rings. The zero-order valence-electron chi connectivity index (χ0n) is 25.1. The van der Waals surface area contributed by atoms with Crippen LogP contribution in [0.4, 0.5) is 34.1 Å². The molecule has 7 aromatic rings. The van der Waals surface area contributed by atoms with Gasteiger partial charge in [-0.05, 0) is 89.2 Å². The largest absolute Gasteiger partial charge is 0.311 e. The first-order valence-corrected chi connectivity index (χ1v) is 17.5. The number of fused-ring (bicyclic) bond motifs is 6. The monoisotopic (exact) mass is 604 g/mol. The Hall–Kier alpha value is -5.45. The fourth-order valence-corrected chi connectivity index (χ4v) is 12.4. The third kappa shape index (κ3) is 3.29. The summed E-state index contributed by atoms with van der Waals surface area (Å²) in [5.74, 6) is 0. The molecule has 216 valence electrons. The van der Waals surface area contributed by atoms with E-state index in [0.29, 0.717) is 0 Å². The lowest BCUT2D eigenvalue weighted by Gasteiger charge is -2.53. The molecule has 0 radical (unpaired) electrons. The zero-order valence-corrected chi connectivity index (χ0v) is 25.9. The molecule has 7 aromatic carbocycles. The average molecular weight is 605 g/mol. The van der Waals surface area contributed by atoms with Gasteiger partial charge >= 0.3 is 0 Å². The third-order valence-electron chi connectivity index (χ3n) is 9.86. The highest BCUT2D eigenvalue weighted by Gasteiger charge is 2.49. The number of anilines is 6. The Morgan fingerprint density at radius 1 is 0.370 bits per heavy atom. The van der Waals surface area contributed by atoms with Crippen molar-refractivity contribution >= 4 is 67.3 Å². The van der Waals surface area contributed by atoms with Crippen LogP contribution in [0.3, 0.4) is 0 Å². The molecule has 0 bridgehead atoms. The molecular weight excluding hydrogens is 575 g/mol. The highest BCUT2D eigenvalue weighted by Crippen LogP contribution is 2.79. The van der Waals surface area contributed by atoms with Gasteiger partial charge in [-0.25, -0.2) is 0 Å². The lowest BCUT2D eigenvalue weighted by Crippen LogP contribution is -2.61. The lowest BCUT2D eigenvalue weighted by atomic mass is 9.33. The molecule has 46 heavy (non-hydrogen) atoms. The summed E-state index contributed by atoms with van der Waals surface area (Å²) in [7, 11) is -1.81. The molecule has 0 atom stereocenters. The molecule has 0 N–H and O–H groups in total. The van der Waals surface area contributed by atoms with Gasteiger partial charge in [0, 0.05) is 42.3 Å². The van der Waals surface area contributed by atoms with E-state index in [1.165, 1.54) is 70.1 Å². The third-order valence-corrected chi connectivity index (χ3v) is 13.8. The van der Waals surface area contributed by atoms with Gasteiger partial charge in [0.1, 0.15) is 0 Å². The summed E-state index contributed by atoms with van der Waals surface area (Å²) in [4.78, 5) is 10.5. The molecule has 0 aliphatic carbocycles. The molecular formula is C42H29BN2S. The van der Waals surface area contributed by atoms with E-state index >= 15 is 0 Å². The normalized spacial score (nSPS) is 15.3. The summed E-state index contributed by atoms with van der Waals surface area (Å²) in [6.07, 6.45) is 0. The van der Waals surface area contributed by atoms with Gasteiger partial charge in [-0.2, -0.15) is 0 Å². The molecule has 3 aliphatic heterocycles. The van der Waals surface area contributed by atoms with Crippen molar-refractivity contribution in [3.63, 3.8) is 0 Å². The van der Waals surface area contributed by atoms with Crippen LogP contribution in [0.5, 0.6) is 0 Å². The Morgan fingerprint density at radius 2 is 0.870 bits per heavy atom. The van der Waals surface area contributed by atoms with Crippen LogP contribution in [0, 0.1) is 0 Å². The Kier molecular flexibility index (Phi) is 5.49. The van der Waals surface area contributed by atoms with Gasteiger partial charge in [0.15, 0.2) is 0 Å². The molecule has 10 rings (SSSR count). The van der Waals surface area contributed by atoms with Crippen LogP contribution in [-0.4, -0.2) is 6.71 Å². The standard InChI is InChI=1S/C42H29BN2S/c1-4-16-30(17-5-1)44-35-24-11-10-22-33(35)43-34-23-14-29-40-42(34)45(38-27-15-26-37(44)41(38)43)36-25-12-13-28-39(36)46(40,31-18-6-2-7-19-31)32-20-8-3-9-21-32/h1-29H. The maximum absolute atomic E-state index is 2.59. The molecule has 2 nitrogen and oxygen atoms in total. The smallest absolute Gasteiger partial charge is 0.252 e. The highest BCUT2D eigenvalue weighted by atomic mass is 32.3. The van der Waals surface area contributed by atoms with E-state index in [-0.39, 0.29) is 6.71 Å². The Bertz CT molecular complexity index is 2250. The zero-order chi connectivity index (χ0) is 30.2. The molecule has 0 spiro atoms. The van der Waals surface area contributed by atoms with Gasteiger partial charge < -0.3 is 9.80 Å². The summed E-state index contributed by atoms with van der Waals surface area (Å²) in [5, 5.41) is 0. The minimum atomic E-state index is -1.81. The van der Waals surface area contributed by atoms with Gasteiger partial charge in [-0.15, -0.1) is 10.0 Å². The number of hydrogen-bond donors (Lipinski definition) is 0. The summed E-state index contributed by atoms with van der Waals surface area (Å²) in [5.41, 5.74) is 11.6. The minimum absolute atomic E-state index is 0.113. The van der Waals surface area contributed by atoms with Crippen molar-refractivity contribution in [1.29, 1.82) is 0 Å². The predicted octanol–water partition coefficient (Wildman–Crippen LogP) is 9.42. The molecule has 0 saturated carbocycles. The second-order valence-electron chi connectivity index (χ2n) is 12.1. The van der Waals surface area contributed by atoms with Crippen molar-refractivity contribution in [3.05, 3.63) is 176 Å². The Morgan fingerprint density at radius 3 is 1.59 bits per heavy atom. The van der Waals surface area contributed by atoms with E-state index in [0.717, 1.165) is 0 Å². The molecule has 3 heterocycles. The van der Waals surface area contributed by atoms with Crippen LogP contribution in [0.1, 0.15) is 0 Å². The van der Waals surface area contributed by atoms with E-state index in [2.05, 4.69) is 186 Å². The van der Waals surface area contributed by atoms with Crippen LogP contribution in [0.25, 0.3) is 0 Å². The van der Waals surface area contributed by atoms with E-state index < -0.39 is 10.0 Å². The van der Waals surface area contributed by atoms with Crippen molar-refractivity contribution in [3.8, 4) is 0 Å². The number of hydrogen-bond acceptors (Lipinski definition) is 2. The van der Waals surface area contributed by atoms with Crippen molar-refractivity contribution in [2.45, 2.75) is 19.6 Å². The van der Waals surface area contributed by atoms with Crippen LogP contribution in [0.15, 0.2) is 196 Å². The fraction of sp³-hybridized carbons (Fsp3) is 0. The Labute approximate surface area is 271 Å². The van der Waals surface area contributed by atoms with Gasteiger partial charge in [0.25, 0.3) is 6.71 Å². The van der Waals surface area contributed by atoms with Crippen molar-refractivity contribution in [2.75, 3.05) is 9.80 Å². The lowest BCUT2D eigenvalue weighted by molar-refractivity contribution is 1.12. The first-order chi connectivity index (χ1) is 22.9. The van der Waals surface area contributed by atoms with Gasteiger partial charge in [0.05, 0.1) is 11.4 Å². The highest BCUT2D eigenvalue weighted by molar-refractivity contribution is 8.34. The first kappa shape index (κ1) is 25.8. The van der Waals surface area contributed by atoms with Crippen molar-refractivity contribution in [2.24, 2.45) is 0 Å². The van der Waals surface area contributed by atoms with Gasteiger partial charge in [-0.1, -0.05) is 103 Å². The molecule has 0 fully saturated rings. The molecule has 4 heteroatoms. The van der Waals surface area contributed by atoms with E-state index in [1.807, 2.05) is 0 Å². The summed E-state index contributed by atoms with van der Waals surface area (Å²) >= 11 is 0. The van der Waals surface area contributed by atoms with E-state index in [9.17, 15) is 0 Å². The second-order valence-corrected chi connectivity index (χ2v) is 15.2. The second kappa shape index (κ2) is 9.78. The van der Waals surface area contributed by atoms with Crippen LogP contribution in [0.2, 0.25) is 0 Å². The van der Waals surface area contributed by atoms with Gasteiger partial charge in [0.2, 0.25) is 0 Å². The number of para-hydroxylation sites is 4. The SMILES string of the molecule is c1ccc(N2c3ccccc3B3c4cccc5c4N(c4ccccc4S5(c4ccccc4)c4ccccc4)c4cccc2c43)cc1. The maximum Gasteiger partial charge on any atom is 0.252 e. The van der Waals surface area contributed by atoms with Gasteiger partial charge in [-0.3, -0.25) is 0 Å². The molecule has 0 unspecified atom stereocenters. The number of rotatable bonds is 3. The quantitative estimate of drug-likeness (QED) is 0.186. The van der Waals surface area contributed by atoms with Crippen molar-refractivity contribution < 1.29 is 0 Å². The summed E-state index contributed by atoms with van der Waals surface area (Å²) in [6, 6.07) is 65.5. The molecule has 0 amide bonds. The fourth-order valence-electron chi connectivity index (χ4n) is 8.17. The number of nitrogens with zero attached hydrogens (tertiary/aromatic N) is 2. The minimum Gasteiger partial charge on any atom is -0.311 e. The summed E-state index contributed by atoms with van der Waals surface area (Å²) in [6.45, 7) is 0.113. The van der Waals surface area contributed by atoms with E-state index in [4.69, 9.17) is 0 Å². The van der Waals surface area contributed by atoms with Crippen LogP contribution >= 0.6 is 10.0 Å². The topological polar surface area (TPSA) is 6.48 Å². The van der Waals surface area contributed by atoms with Crippen LogP contribution < -0.4 is 26.2 Å². The predicted molar refractivity (Wildman–Crippen MR) is 194 cm³/mol. The van der Waals surface area contributed by atoms with Crippen molar-refractivity contribution in [1.82, 2.24) is 0 Å². The first-order valence-electron chi connectivity index (χ1n) is 15.9.